The highest BCUT2D eigenvalue weighted by Crippen LogP contribution is 2.49. The normalized spacial score (nSPS) is 24.0. The van der Waals surface area contributed by atoms with E-state index in [1.165, 1.54) is 50.5 Å². The largest absolute Gasteiger partial charge is 0.466 e. The Hall–Kier alpha value is -4.83. The van der Waals surface area contributed by atoms with Crippen molar-refractivity contribution in [2.75, 3.05) is 13.7 Å². The van der Waals surface area contributed by atoms with Crippen molar-refractivity contribution in [2.45, 2.75) is 159 Å². The third-order valence-corrected chi connectivity index (χ3v) is 14.4. The number of methoxy groups -OCH3 is 1. The Labute approximate surface area is 382 Å². The first-order valence-corrected chi connectivity index (χ1v) is 23.9. The van der Waals surface area contributed by atoms with E-state index in [1.807, 2.05) is 45.1 Å². The van der Waals surface area contributed by atoms with Gasteiger partial charge in [0.2, 0.25) is 5.78 Å². The van der Waals surface area contributed by atoms with Gasteiger partial charge in [0.1, 0.15) is 6.61 Å². The van der Waals surface area contributed by atoms with Gasteiger partial charge in [-0.3, -0.25) is 14.6 Å². The number of aliphatic imine (C=N–C) groups is 4. The molecule has 64 heavy (non-hydrogen) atoms. The van der Waals surface area contributed by atoms with E-state index in [-0.39, 0.29) is 41.8 Å². The maximum atomic E-state index is 14.4. The topological polar surface area (TPSA) is 139 Å². The van der Waals surface area contributed by atoms with E-state index < -0.39 is 23.3 Å². The lowest BCUT2D eigenvalue weighted by atomic mass is 9.79. The van der Waals surface area contributed by atoms with Crippen molar-refractivity contribution in [3.63, 3.8) is 0 Å². The summed E-state index contributed by atoms with van der Waals surface area (Å²) in [5.74, 6) is -0.740. The van der Waals surface area contributed by atoms with Crippen LogP contribution in [0.25, 0.3) is 0 Å². The number of aliphatic hydroxyl groups is 1. The molecule has 344 valence electrons. The number of ketones is 1. The Kier molecular flexibility index (Phi) is 15.6. The van der Waals surface area contributed by atoms with Crippen LogP contribution in [0.2, 0.25) is 0 Å². The fraction of sp³-hybridized carbons (Fsp3) is 0.574. The van der Waals surface area contributed by atoms with E-state index in [4.69, 9.17) is 29.4 Å². The number of ether oxygens (including phenoxy) is 2. The molecule has 0 aromatic rings. The molecule has 0 saturated heterocycles. The van der Waals surface area contributed by atoms with Gasteiger partial charge in [-0.25, -0.2) is 19.8 Å². The predicted octanol–water partition coefficient (Wildman–Crippen LogP) is 11.6. The lowest BCUT2D eigenvalue weighted by Crippen LogP contribution is -2.49. The van der Waals surface area contributed by atoms with Crippen molar-refractivity contribution in [3.05, 3.63) is 91.7 Å². The van der Waals surface area contributed by atoms with Crippen LogP contribution in [0.3, 0.4) is 0 Å². The molecule has 1 aliphatic carbocycles. The number of rotatable bonds is 19. The number of esters is 2. The number of nitrogens with zero attached hydrogens (tertiary/aromatic N) is 4. The zero-order valence-electron chi connectivity index (χ0n) is 40.7. The summed E-state index contributed by atoms with van der Waals surface area (Å²) in [5, 5.41) is 12.3. The van der Waals surface area contributed by atoms with Crippen molar-refractivity contribution in [3.8, 4) is 0 Å². The zero-order chi connectivity index (χ0) is 46.6. The third kappa shape index (κ3) is 10.0. The van der Waals surface area contributed by atoms with Crippen LogP contribution in [0.5, 0.6) is 0 Å². The molecule has 5 aliphatic heterocycles. The molecule has 0 aromatic heterocycles. The van der Waals surface area contributed by atoms with Crippen molar-refractivity contribution in [1.82, 2.24) is 0 Å². The lowest BCUT2D eigenvalue weighted by molar-refractivity contribution is -0.161. The van der Waals surface area contributed by atoms with Gasteiger partial charge >= 0.3 is 11.9 Å². The molecule has 5 unspecified atom stereocenters. The molecule has 5 atom stereocenters. The molecule has 0 radical (unpaired) electrons. The Bertz CT molecular complexity index is 2330. The standard InChI is InChI=1S/C54H72N4O6/c1-13-39-36(9)43-27-41-34(7)35(8)42(55-41)28-44-37(10)40(23-24-47(59)64-26-25-33(6)22-16-21-32(5)20-15-19-31(4)18-14-17-30(2)3)50(57-44)49-51-48(52(60)54(49,62)53(61)63-12)38(11)45(58-51)29-46(39)56-43/h25,27-32,37,40,62H,13-24,26H2,1-12H3. The summed E-state index contributed by atoms with van der Waals surface area (Å²) >= 11 is 0. The average molecular weight is 873 g/mol. The monoisotopic (exact) mass is 873 g/mol. The predicted molar refractivity (Wildman–Crippen MR) is 258 cm³/mol. The van der Waals surface area contributed by atoms with Crippen molar-refractivity contribution in [1.29, 1.82) is 0 Å². The van der Waals surface area contributed by atoms with Crippen LogP contribution in [0.4, 0.5) is 0 Å². The van der Waals surface area contributed by atoms with E-state index in [2.05, 4.69) is 48.5 Å². The van der Waals surface area contributed by atoms with Crippen molar-refractivity contribution in [2.24, 2.45) is 49.6 Å². The first-order valence-electron chi connectivity index (χ1n) is 23.9. The van der Waals surface area contributed by atoms with Crippen LogP contribution in [0.1, 0.15) is 153 Å². The average Bonchev–Trinajstić information content (AvgIpc) is 3.96. The van der Waals surface area contributed by atoms with Gasteiger partial charge in [0, 0.05) is 24.0 Å². The summed E-state index contributed by atoms with van der Waals surface area (Å²) in [5.41, 5.74) is 8.12. The SMILES string of the molecule is CCC1=C(C)C2=NC1=CC1=NC3=C(C4=NC(=CC5=NC(=C2)C(C)=C5C)C(C)C4CCC(=O)OCC=C(C)CCCC(C)CCCC(C)CCCC(C)C)C(O)(C(=O)OC)C(=O)C3=C1C. The van der Waals surface area contributed by atoms with Gasteiger partial charge in [-0.05, 0) is 130 Å². The molecule has 10 nitrogen and oxygen atoms in total. The Balaban J connectivity index is 1.20. The molecule has 0 spiro atoms. The van der Waals surface area contributed by atoms with Crippen LogP contribution >= 0.6 is 0 Å². The number of hydrogen-bond acceptors (Lipinski definition) is 10. The molecular formula is C54H72N4O6. The highest BCUT2D eigenvalue weighted by atomic mass is 16.5. The molecule has 8 bridgehead atoms. The van der Waals surface area contributed by atoms with Gasteiger partial charge in [0.25, 0.3) is 5.60 Å². The maximum Gasteiger partial charge on any atom is 0.351 e. The molecule has 10 heteroatoms. The highest BCUT2D eigenvalue weighted by Gasteiger charge is 2.61. The second kappa shape index (κ2) is 20.6. The Morgan fingerprint density at radius 1 is 0.797 bits per heavy atom. The van der Waals surface area contributed by atoms with Crippen molar-refractivity contribution < 1.29 is 29.0 Å². The van der Waals surface area contributed by atoms with Gasteiger partial charge in [0.05, 0.1) is 58.2 Å². The van der Waals surface area contributed by atoms with Crippen LogP contribution in [-0.2, 0) is 23.9 Å². The summed E-state index contributed by atoms with van der Waals surface area (Å²) in [6.45, 7) is 23.7. The summed E-state index contributed by atoms with van der Waals surface area (Å²) in [4.78, 5) is 61.6. The molecule has 1 N–H and O–H groups in total. The molecular weight excluding hydrogens is 801 g/mol. The summed E-state index contributed by atoms with van der Waals surface area (Å²) < 4.78 is 10.9. The number of carbonyl (C=O) groups is 3. The smallest absolute Gasteiger partial charge is 0.351 e. The summed E-state index contributed by atoms with van der Waals surface area (Å²) in [7, 11) is 1.15. The number of carbonyl (C=O) groups excluding carboxylic acids is 3. The summed E-state index contributed by atoms with van der Waals surface area (Å²) in [6.07, 6.45) is 20.1. The Morgan fingerprint density at radius 3 is 2.06 bits per heavy atom. The quantitative estimate of drug-likeness (QED) is 0.0779. The molecule has 0 amide bonds. The zero-order valence-corrected chi connectivity index (χ0v) is 40.7. The maximum absolute atomic E-state index is 14.4. The highest BCUT2D eigenvalue weighted by molar-refractivity contribution is 6.35. The van der Waals surface area contributed by atoms with Gasteiger partial charge in [-0.2, -0.15) is 0 Å². The number of Topliss-reactive ketones (excluding diaryl/α,β-unsaturated/α-hetero) is 1. The van der Waals surface area contributed by atoms with Crippen LogP contribution in [0, 0.1) is 29.6 Å². The molecule has 5 heterocycles. The van der Waals surface area contributed by atoms with Crippen molar-refractivity contribution >= 4 is 40.6 Å². The minimum absolute atomic E-state index is 0.00258. The lowest BCUT2D eigenvalue weighted by Gasteiger charge is -2.26. The van der Waals surface area contributed by atoms with Gasteiger partial charge in [-0.1, -0.05) is 92.1 Å². The minimum Gasteiger partial charge on any atom is -0.466 e. The van der Waals surface area contributed by atoms with Crippen LogP contribution in [-0.4, -0.2) is 65.0 Å². The van der Waals surface area contributed by atoms with Crippen LogP contribution in [0.15, 0.2) is 112 Å². The molecule has 6 aliphatic rings. The first kappa shape index (κ1) is 48.6. The fourth-order valence-corrected chi connectivity index (χ4v) is 9.97. The first-order chi connectivity index (χ1) is 30.4. The van der Waals surface area contributed by atoms with Gasteiger partial charge < -0.3 is 14.6 Å². The number of hydrogen-bond donors (Lipinski definition) is 1. The van der Waals surface area contributed by atoms with E-state index in [0.29, 0.717) is 35.0 Å². The second-order valence-corrected chi connectivity index (χ2v) is 19.6. The van der Waals surface area contributed by atoms with Gasteiger partial charge in [0.15, 0.2) is 0 Å². The number of fused-ring (bicyclic) bond motifs is 4. The van der Waals surface area contributed by atoms with E-state index in [0.717, 1.165) is 83.3 Å². The van der Waals surface area contributed by atoms with Gasteiger partial charge in [-0.15, -0.1) is 0 Å². The Morgan fingerprint density at radius 2 is 1.41 bits per heavy atom. The number of allylic oxidation sites excluding steroid dienone is 11. The molecule has 0 fully saturated rings. The van der Waals surface area contributed by atoms with E-state index in [1.54, 1.807) is 6.92 Å². The minimum atomic E-state index is -2.68. The molecule has 0 aromatic carbocycles. The van der Waals surface area contributed by atoms with E-state index in [9.17, 15) is 19.5 Å². The van der Waals surface area contributed by atoms with Crippen LogP contribution < -0.4 is 0 Å². The summed E-state index contributed by atoms with van der Waals surface area (Å²) in [6, 6.07) is 0. The molecule has 0 saturated carbocycles. The third-order valence-electron chi connectivity index (χ3n) is 14.4. The second-order valence-electron chi connectivity index (χ2n) is 19.6. The molecule has 6 rings (SSSR count). The van der Waals surface area contributed by atoms with E-state index >= 15 is 0 Å². The fourth-order valence-electron chi connectivity index (χ4n) is 9.97.